The van der Waals surface area contributed by atoms with Crippen LogP contribution in [0.4, 0.5) is 0 Å². The Balaban J connectivity index is 2.65. The van der Waals surface area contributed by atoms with Crippen LogP contribution in [0.25, 0.3) is 0 Å². The van der Waals surface area contributed by atoms with Gasteiger partial charge in [0.1, 0.15) is 0 Å². The van der Waals surface area contributed by atoms with Gasteiger partial charge in [0, 0.05) is 6.04 Å². The lowest BCUT2D eigenvalue weighted by molar-refractivity contribution is 0.0873. The Hall–Kier alpha value is -0.0400. The van der Waals surface area contributed by atoms with E-state index in [-0.39, 0.29) is 0 Å². The molecule has 1 saturated carbocycles. The number of rotatable bonds is 2. The molecule has 3 atom stereocenters. The van der Waals surface area contributed by atoms with Crippen LogP contribution < -0.4 is 5.32 Å². The molecule has 0 saturated heterocycles. The lowest BCUT2D eigenvalue weighted by atomic mass is 9.64. The van der Waals surface area contributed by atoms with Crippen LogP contribution in [0, 0.1) is 17.3 Å². The second-order valence-electron chi connectivity index (χ2n) is 5.94. The van der Waals surface area contributed by atoms with Gasteiger partial charge in [-0.1, -0.05) is 34.1 Å². The second-order valence-corrected chi connectivity index (χ2v) is 5.94. The normalized spacial score (nSPS) is 34.5. The van der Waals surface area contributed by atoms with Crippen molar-refractivity contribution >= 4 is 0 Å². The first kappa shape index (κ1) is 12.0. The summed E-state index contributed by atoms with van der Waals surface area (Å²) < 4.78 is 0. The molecule has 0 aromatic carbocycles. The number of hydrogen-bond acceptors (Lipinski definition) is 1. The molecule has 0 aromatic rings. The van der Waals surface area contributed by atoms with Crippen LogP contribution in [0.3, 0.4) is 0 Å². The van der Waals surface area contributed by atoms with Gasteiger partial charge in [-0.25, -0.2) is 0 Å². The first-order valence-electron chi connectivity index (χ1n) is 6.16. The molecule has 0 bridgehead atoms. The van der Waals surface area contributed by atoms with Crippen LogP contribution in [0.1, 0.15) is 53.4 Å². The molecule has 0 aromatic heterocycles. The van der Waals surface area contributed by atoms with Gasteiger partial charge in [-0.3, -0.25) is 0 Å². The number of hydrogen-bond donors (Lipinski definition) is 1. The highest BCUT2D eigenvalue weighted by atomic mass is 14.9. The summed E-state index contributed by atoms with van der Waals surface area (Å²) in [6.07, 6.45) is 5.53. The van der Waals surface area contributed by atoms with Crippen molar-refractivity contribution in [2.45, 2.75) is 59.4 Å². The van der Waals surface area contributed by atoms with Crippen LogP contribution in [0.15, 0.2) is 0 Å². The highest BCUT2D eigenvalue weighted by Gasteiger charge is 2.36. The third kappa shape index (κ3) is 2.73. The summed E-state index contributed by atoms with van der Waals surface area (Å²) in [4.78, 5) is 0. The van der Waals surface area contributed by atoms with Crippen molar-refractivity contribution in [2.24, 2.45) is 17.3 Å². The van der Waals surface area contributed by atoms with E-state index in [1.54, 1.807) is 0 Å². The smallest absolute Gasteiger partial charge is 0.00671 e. The average molecular weight is 197 g/mol. The van der Waals surface area contributed by atoms with Gasteiger partial charge < -0.3 is 5.32 Å². The molecular formula is C13H27N. The second kappa shape index (κ2) is 4.65. The van der Waals surface area contributed by atoms with Crippen molar-refractivity contribution in [3.8, 4) is 0 Å². The number of nitrogens with one attached hydrogen (secondary N) is 1. The van der Waals surface area contributed by atoms with E-state index in [9.17, 15) is 0 Å². The van der Waals surface area contributed by atoms with E-state index in [0.717, 1.165) is 17.9 Å². The maximum absolute atomic E-state index is 3.45. The van der Waals surface area contributed by atoms with E-state index in [4.69, 9.17) is 0 Å². The molecule has 84 valence electrons. The molecule has 0 aliphatic heterocycles. The molecular weight excluding hydrogens is 170 g/mol. The molecule has 1 heteroatoms. The minimum absolute atomic E-state index is 0.482. The predicted molar refractivity (Wildman–Crippen MR) is 63.4 cm³/mol. The molecule has 1 N–H and O–H groups in total. The highest BCUT2D eigenvalue weighted by molar-refractivity contribution is 4.88. The lowest BCUT2D eigenvalue weighted by Crippen LogP contribution is -2.40. The molecule has 1 rings (SSSR count). The average Bonchev–Trinajstić information content (AvgIpc) is 2.15. The van der Waals surface area contributed by atoms with Crippen LogP contribution in [0.2, 0.25) is 0 Å². The molecule has 1 nitrogen and oxygen atoms in total. The third-order valence-corrected chi connectivity index (χ3v) is 4.04. The van der Waals surface area contributed by atoms with Crippen LogP contribution in [0.5, 0.6) is 0 Å². The lowest BCUT2D eigenvalue weighted by Gasteiger charge is -2.43. The Morgan fingerprint density at radius 2 is 1.86 bits per heavy atom. The van der Waals surface area contributed by atoms with Gasteiger partial charge in [-0.2, -0.15) is 0 Å². The SMILES string of the molecule is CCC1CCC(NC)CC1C(C)(C)C. The van der Waals surface area contributed by atoms with Gasteiger partial charge in [0.2, 0.25) is 0 Å². The standard InChI is InChI=1S/C13H27N/c1-6-10-7-8-11(14-5)9-12(10)13(2,3)4/h10-12,14H,6-9H2,1-5H3. The Kier molecular flexibility index (Phi) is 4.00. The van der Waals surface area contributed by atoms with Crippen LogP contribution in [-0.4, -0.2) is 13.1 Å². The molecule has 1 fully saturated rings. The van der Waals surface area contributed by atoms with Crippen molar-refractivity contribution < 1.29 is 0 Å². The Bertz CT molecular complexity index is 169. The van der Waals surface area contributed by atoms with Crippen molar-refractivity contribution in [2.75, 3.05) is 7.05 Å². The fourth-order valence-electron chi connectivity index (χ4n) is 3.04. The topological polar surface area (TPSA) is 12.0 Å². The molecule has 1 aliphatic carbocycles. The first-order valence-corrected chi connectivity index (χ1v) is 6.16. The maximum atomic E-state index is 3.45. The van der Waals surface area contributed by atoms with E-state index in [0.29, 0.717) is 5.41 Å². The largest absolute Gasteiger partial charge is 0.317 e. The Morgan fingerprint density at radius 1 is 1.21 bits per heavy atom. The quantitative estimate of drug-likeness (QED) is 0.715. The van der Waals surface area contributed by atoms with Gasteiger partial charge in [-0.05, 0) is 43.6 Å². The molecule has 14 heavy (non-hydrogen) atoms. The van der Waals surface area contributed by atoms with E-state index in [1.165, 1.54) is 25.7 Å². The summed E-state index contributed by atoms with van der Waals surface area (Å²) in [7, 11) is 2.11. The summed E-state index contributed by atoms with van der Waals surface area (Å²) >= 11 is 0. The fraction of sp³-hybridized carbons (Fsp3) is 1.00. The van der Waals surface area contributed by atoms with Crippen molar-refractivity contribution in [3.05, 3.63) is 0 Å². The molecule has 3 unspecified atom stereocenters. The summed E-state index contributed by atoms with van der Waals surface area (Å²) in [5, 5.41) is 3.45. The zero-order chi connectivity index (χ0) is 10.8. The predicted octanol–water partition coefficient (Wildman–Crippen LogP) is 3.45. The monoisotopic (exact) mass is 197 g/mol. The Morgan fingerprint density at radius 3 is 2.29 bits per heavy atom. The van der Waals surface area contributed by atoms with Gasteiger partial charge in [0.25, 0.3) is 0 Å². The van der Waals surface area contributed by atoms with Gasteiger partial charge in [0.05, 0.1) is 0 Å². The van der Waals surface area contributed by atoms with E-state index >= 15 is 0 Å². The van der Waals surface area contributed by atoms with E-state index < -0.39 is 0 Å². The van der Waals surface area contributed by atoms with Crippen molar-refractivity contribution in [1.29, 1.82) is 0 Å². The highest BCUT2D eigenvalue weighted by Crippen LogP contribution is 2.43. The summed E-state index contributed by atoms with van der Waals surface area (Å²) in [5.41, 5.74) is 0.482. The van der Waals surface area contributed by atoms with E-state index in [2.05, 4.69) is 40.1 Å². The molecule has 0 heterocycles. The minimum Gasteiger partial charge on any atom is -0.317 e. The fourth-order valence-corrected chi connectivity index (χ4v) is 3.04. The molecule has 0 amide bonds. The zero-order valence-corrected chi connectivity index (χ0v) is 10.6. The van der Waals surface area contributed by atoms with Crippen LogP contribution in [-0.2, 0) is 0 Å². The first-order chi connectivity index (χ1) is 6.49. The summed E-state index contributed by atoms with van der Waals surface area (Å²) in [5.74, 6) is 1.86. The van der Waals surface area contributed by atoms with E-state index in [1.807, 2.05) is 0 Å². The molecule has 1 aliphatic rings. The van der Waals surface area contributed by atoms with Crippen molar-refractivity contribution in [3.63, 3.8) is 0 Å². The minimum atomic E-state index is 0.482. The third-order valence-electron chi connectivity index (χ3n) is 4.04. The van der Waals surface area contributed by atoms with Crippen molar-refractivity contribution in [1.82, 2.24) is 5.32 Å². The molecule has 0 radical (unpaired) electrons. The zero-order valence-electron chi connectivity index (χ0n) is 10.6. The Labute approximate surface area is 89.7 Å². The summed E-state index contributed by atoms with van der Waals surface area (Å²) in [6.45, 7) is 9.55. The molecule has 0 spiro atoms. The van der Waals surface area contributed by atoms with Crippen LogP contribution >= 0.6 is 0 Å². The maximum Gasteiger partial charge on any atom is 0.00671 e. The van der Waals surface area contributed by atoms with Gasteiger partial charge in [0.15, 0.2) is 0 Å². The van der Waals surface area contributed by atoms with Gasteiger partial charge >= 0.3 is 0 Å². The van der Waals surface area contributed by atoms with Gasteiger partial charge in [-0.15, -0.1) is 0 Å². The summed E-state index contributed by atoms with van der Waals surface area (Å²) in [6, 6.07) is 0.766.